The third kappa shape index (κ3) is 4.36. The molecular weight excluding hydrogens is 256 g/mol. The van der Waals surface area contributed by atoms with Crippen molar-refractivity contribution in [3.05, 3.63) is 12.2 Å². The fraction of sp³-hybridized carbons (Fsp3) is 0.583. The lowest BCUT2D eigenvalue weighted by Crippen LogP contribution is -2.49. The molecule has 19 heavy (non-hydrogen) atoms. The van der Waals surface area contributed by atoms with Crippen LogP contribution in [0.3, 0.4) is 0 Å². The Labute approximate surface area is 110 Å². The molecule has 0 N–H and O–H groups in total. The SMILES string of the molecule is C=C(C(=O)[O-])C(CCOC)(CC(=O)OCC)C(=O)[O-]. The number of esters is 1. The van der Waals surface area contributed by atoms with Gasteiger partial charge in [-0.2, -0.15) is 0 Å². The minimum atomic E-state index is -2.10. The molecule has 0 aromatic rings. The number of ether oxygens (including phenoxy) is 2. The first-order valence-electron chi connectivity index (χ1n) is 5.58. The normalized spacial score (nSPS) is 13.4. The van der Waals surface area contributed by atoms with Gasteiger partial charge in [-0.15, -0.1) is 0 Å². The Kier molecular flexibility index (Phi) is 6.78. The second-order valence-corrected chi connectivity index (χ2v) is 3.86. The highest BCUT2D eigenvalue weighted by atomic mass is 16.5. The molecule has 0 heterocycles. The van der Waals surface area contributed by atoms with Gasteiger partial charge in [0.05, 0.1) is 25.0 Å². The number of aliphatic carboxylic acids is 2. The van der Waals surface area contributed by atoms with Gasteiger partial charge in [-0.1, -0.05) is 6.58 Å². The van der Waals surface area contributed by atoms with E-state index in [1.54, 1.807) is 6.92 Å². The van der Waals surface area contributed by atoms with E-state index in [-0.39, 0.29) is 19.6 Å². The molecule has 0 fully saturated rings. The third-order valence-corrected chi connectivity index (χ3v) is 2.70. The molecule has 0 saturated heterocycles. The maximum atomic E-state index is 11.4. The van der Waals surface area contributed by atoms with Gasteiger partial charge in [0.25, 0.3) is 0 Å². The summed E-state index contributed by atoms with van der Waals surface area (Å²) in [6, 6.07) is 0. The minimum Gasteiger partial charge on any atom is -0.549 e. The Bertz CT molecular complexity index is 374. The standard InChI is InChI=1S/C12H18O7/c1-4-19-9(13)7-12(11(16)17,5-6-18-3)8(2)10(14)15/h2,4-7H2,1,3H3,(H,14,15)(H,16,17)/p-2. The van der Waals surface area contributed by atoms with Gasteiger partial charge in [0.2, 0.25) is 0 Å². The molecule has 7 heteroatoms. The Morgan fingerprint density at radius 3 is 2.21 bits per heavy atom. The van der Waals surface area contributed by atoms with Crippen LogP contribution in [0.4, 0.5) is 0 Å². The number of rotatable bonds is 9. The quantitative estimate of drug-likeness (QED) is 0.352. The van der Waals surface area contributed by atoms with Gasteiger partial charge in [-0.05, 0) is 18.9 Å². The van der Waals surface area contributed by atoms with Gasteiger partial charge < -0.3 is 29.3 Å². The number of carbonyl (C=O) groups excluding carboxylic acids is 3. The third-order valence-electron chi connectivity index (χ3n) is 2.70. The van der Waals surface area contributed by atoms with Crippen LogP contribution in [0.15, 0.2) is 12.2 Å². The first-order valence-corrected chi connectivity index (χ1v) is 5.58. The van der Waals surface area contributed by atoms with E-state index >= 15 is 0 Å². The maximum absolute atomic E-state index is 11.4. The Morgan fingerprint density at radius 1 is 1.26 bits per heavy atom. The van der Waals surface area contributed by atoms with Gasteiger partial charge >= 0.3 is 5.97 Å². The molecule has 0 saturated carbocycles. The van der Waals surface area contributed by atoms with Crippen LogP contribution in [0.2, 0.25) is 0 Å². The summed E-state index contributed by atoms with van der Waals surface area (Å²) in [6.07, 6.45) is -0.975. The van der Waals surface area contributed by atoms with Gasteiger partial charge in [-0.25, -0.2) is 0 Å². The summed E-state index contributed by atoms with van der Waals surface area (Å²) in [6.45, 7) is 4.67. The van der Waals surface area contributed by atoms with E-state index in [4.69, 9.17) is 4.74 Å². The van der Waals surface area contributed by atoms with Crippen LogP contribution in [-0.2, 0) is 23.9 Å². The van der Waals surface area contributed by atoms with Crippen molar-refractivity contribution in [1.29, 1.82) is 0 Å². The average Bonchev–Trinajstić information content (AvgIpc) is 2.33. The summed E-state index contributed by atoms with van der Waals surface area (Å²) >= 11 is 0. The Hall–Kier alpha value is -1.89. The lowest BCUT2D eigenvalue weighted by Gasteiger charge is -2.36. The van der Waals surface area contributed by atoms with E-state index in [0.29, 0.717) is 0 Å². The highest BCUT2D eigenvalue weighted by Gasteiger charge is 2.38. The lowest BCUT2D eigenvalue weighted by molar-refractivity contribution is -0.322. The number of carbonyl (C=O) groups is 3. The van der Waals surface area contributed by atoms with Crippen LogP contribution in [-0.4, -0.2) is 38.2 Å². The molecule has 0 aromatic carbocycles. The molecule has 7 nitrogen and oxygen atoms in total. The van der Waals surface area contributed by atoms with Crippen molar-refractivity contribution < 1.29 is 34.1 Å². The van der Waals surface area contributed by atoms with Crippen molar-refractivity contribution in [3.8, 4) is 0 Å². The molecule has 0 rings (SSSR count). The van der Waals surface area contributed by atoms with Crippen LogP contribution >= 0.6 is 0 Å². The summed E-state index contributed by atoms with van der Waals surface area (Å²) in [5.74, 6) is -4.35. The zero-order valence-corrected chi connectivity index (χ0v) is 10.9. The number of carboxylic acids is 2. The number of hydrogen-bond donors (Lipinski definition) is 0. The second kappa shape index (κ2) is 7.52. The molecule has 0 radical (unpaired) electrons. The van der Waals surface area contributed by atoms with Crippen molar-refractivity contribution >= 4 is 17.9 Å². The fourth-order valence-electron chi connectivity index (χ4n) is 1.57. The molecule has 0 aliphatic carbocycles. The molecule has 1 unspecified atom stereocenters. The summed E-state index contributed by atoms with van der Waals surface area (Å²) in [5, 5.41) is 22.1. The minimum absolute atomic E-state index is 0.0457. The molecular formula is C12H16O7-2. The molecule has 0 amide bonds. The summed E-state index contributed by atoms with van der Waals surface area (Å²) < 4.78 is 9.35. The van der Waals surface area contributed by atoms with Gasteiger partial charge in [0.15, 0.2) is 0 Å². The first-order chi connectivity index (χ1) is 8.81. The highest BCUT2D eigenvalue weighted by Crippen LogP contribution is 2.34. The fourth-order valence-corrected chi connectivity index (χ4v) is 1.57. The van der Waals surface area contributed by atoms with Crippen LogP contribution in [0, 0.1) is 5.41 Å². The van der Waals surface area contributed by atoms with E-state index in [2.05, 4.69) is 11.3 Å². The topological polar surface area (TPSA) is 116 Å². The van der Waals surface area contributed by atoms with Crippen LogP contribution in [0.25, 0.3) is 0 Å². The summed E-state index contributed by atoms with van der Waals surface area (Å²) in [7, 11) is 1.31. The van der Waals surface area contributed by atoms with Crippen molar-refractivity contribution in [2.75, 3.05) is 20.3 Å². The summed E-state index contributed by atoms with van der Waals surface area (Å²) in [5.41, 5.74) is -2.83. The van der Waals surface area contributed by atoms with E-state index in [0.717, 1.165) is 0 Å². The van der Waals surface area contributed by atoms with Crippen molar-refractivity contribution in [2.24, 2.45) is 5.41 Å². The highest BCUT2D eigenvalue weighted by molar-refractivity contribution is 5.96. The zero-order valence-electron chi connectivity index (χ0n) is 10.9. The molecule has 108 valence electrons. The van der Waals surface area contributed by atoms with Crippen molar-refractivity contribution in [1.82, 2.24) is 0 Å². The number of hydrogen-bond acceptors (Lipinski definition) is 7. The molecule has 1 atom stereocenters. The van der Waals surface area contributed by atoms with E-state index in [1.165, 1.54) is 7.11 Å². The van der Waals surface area contributed by atoms with Gasteiger partial charge in [0.1, 0.15) is 0 Å². The molecule has 0 bridgehead atoms. The van der Waals surface area contributed by atoms with E-state index < -0.39 is 35.3 Å². The van der Waals surface area contributed by atoms with Crippen molar-refractivity contribution in [3.63, 3.8) is 0 Å². The molecule has 0 aromatic heterocycles. The number of methoxy groups -OCH3 is 1. The second-order valence-electron chi connectivity index (χ2n) is 3.86. The Morgan fingerprint density at radius 2 is 1.84 bits per heavy atom. The lowest BCUT2D eigenvalue weighted by atomic mass is 9.75. The molecule has 0 spiro atoms. The monoisotopic (exact) mass is 272 g/mol. The summed E-state index contributed by atoms with van der Waals surface area (Å²) in [4.78, 5) is 33.6. The largest absolute Gasteiger partial charge is 0.549 e. The molecule has 0 aliphatic heterocycles. The van der Waals surface area contributed by atoms with Crippen LogP contribution < -0.4 is 10.2 Å². The maximum Gasteiger partial charge on any atom is 0.307 e. The predicted molar refractivity (Wildman–Crippen MR) is 59.3 cm³/mol. The van der Waals surface area contributed by atoms with E-state index in [9.17, 15) is 24.6 Å². The van der Waals surface area contributed by atoms with Crippen molar-refractivity contribution in [2.45, 2.75) is 19.8 Å². The molecule has 0 aliphatic rings. The Balaban J connectivity index is 5.37. The van der Waals surface area contributed by atoms with Gasteiger partial charge in [0, 0.05) is 19.1 Å². The van der Waals surface area contributed by atoms with Crippen LogP contribution in [0.1, 0.15) is 19.8 Å². The van der Waals surface area contributed by atoms with Crippen LogP contribution in [0.5, 0.6) is 0 Å². The van der Waals surface area contributed by atoms with Gasteiger partial charge in [-0.3, -0.25) is 4.79 Å². The zero-order chi connectivity index (χ0) is 15.1. The number of carboxylic acid groups (broad SMARTS) is 2. The first kappa shape index (κ1) is 17.1. The smallest absolute Gasteiger partial charge is 0.307 e. The van der Waals surface area contributed by atoms with E-state index in [1.807, 2.05) is 0 Å². The predicted octanol–water partition coefficient (Wildman–Crippen LogP) is -1.98. The average molecular weight is 272 g/mol.